The Bertz CT molecular complexity index is 857. The fraction of sp³-hybridized carbons (Fsp3) is 0.150. The minimum Gasteiger partial charge on any atom is -0.497 e. The van der Waals surface area contributed by atoms with Crippen molar-refractivity contribution < 1.29 is 4.74 Å². The van der Waals surface area contributed by atoms with Gasteiger partial charge in [0.2, 0.25) is 0 Å². The first-order valence-corrected chi connectivity index (χ1v) is 7.61. The second kappa shape index (κ2) is 7.84. The quantitative estimate of drug-likeness (QED) is 0.508. The van der Waals surface area contributed by atoms with Gasteiger partial charge in [0.25, 0.3) is 0 Å². The predicted octanol–water partition coefficient (Wildman–Crippen LogP) is 5.41. The van der Waals surface area contributed by atoms with E-state index in [-0.39, 0.29) is 12.4 Å². The Morgan fingerprint density at radius 1 is 0.917 bits per heavy atom. The maximum Gasteiger partial charge on any atom is 0.119 e. The van der Waals surface area contributed by atoms with Crippen molar-refractivity contribution in [3.63, 3.8) is 0 Å². The van der Waals surface area contributed by atoms with Gasteiger partial charge in [-0.3, -0.25) is 5.43 Å². The maximum atomic E-state index is 5.26. The molecule has 0 heterocycles. The number of anilines is 1. The normalized spacial score (nSPS) is 11.0. The summed E-state index contributed by atoms with van der Waals surface area (Å²) in [5.41, 5.74) is 7.37. The van der Waals surface area contributed by atoms with Crippen LogP contribution in [-0.4, -0.2) is 12.8 Å². The standard InChI is InChI=1S/C20H20N2O.ClH/c1-14-4-9-19(10-5-14)22-21-15(2)16-6-7-18-13-20(23-3)11-8-17(18)12-16;/h4-13,22H,1-3H3;1H. The molecule has 0 atom stereocenters. The van der Waals surface area contributed by atoms with Gasteiger partial charge in [-0.2, -0.15) is 5.10 Å². The molecule has 0 amide bonds. The molecule has 0 bridgehead atoms. The lowest BCUT2D eigenvalue weighted by atomic mass is 10.0. The summed E-state index contributed by atoms with van der Waals surface area (Å²) in [4.78, 5) is 0. The van der Waals surface area contributed by atoms with Crippen LogP contribution >= 0.6 is 12.4 Å². The van der Waals surface area contributed by atoms with E-state index in [2.05, 4.69) is 53.8 Å². The molecule has 0 aliphatic carbocycles. The number of ether oxygens (including phenoxy) is 1. The minimum absolute atomic E-state index is 0. The van der Waals surface area contributed by atoms with E-state index in [1.165, 1.54) is 10.9 Å². The van der Waals surface area contributed by atoms with Gasteiger partial charge in [0.05, 0.1) is 18.5 Å². The van der Waals surface area contributed by atoms with E-state index in [9.17, 15) is 0 Å². The lowest BCUT2D eigenvalue weighted by Crippen LogP contribution is -1.99. The van der Waals surface area contributed by atoms with Crippen molar-refractivity contribution in [3.8, 4) is 5.75 Å². The van der Waals surface area contributed by atoms with Gasteiger partial charge in [0.1, 0.15) is 5.75 Å². The second-order valence-corrected chi connectivity index (χ2v) is 5.60. The molecule has 124 valence electrons. The number of hydrogen-bond donors (Lipinski definition) is 1. The summed E-state index contributed by atoms with van der Waals surface area (Å²) in [5, 5.41) is 6.81. The minimum atomic E-state index is 0. The highest BCUT2D eigenvalue weighted by molar-refractivity contribution is 6.02. The van der Waals surface area contributed by atoms with Crippen LogP contribution in [0.3, 0.4) is 0 Å². The third-order valence-electron chi connectivity index (χ3n) is 3.87. The predicted molar refractivity (Wildman–Crippen MR) is 105 cm³/mol. The number of hydrogen-bond acceptors (Lipinski definition) is 3. The molecule has 0 fully saturated rings. The number of hydrazone groups is 1. The molecule has 0 radical (unpaired) electrons. The molecule has 4 heteroatoms. The van der Waals surface area contributed by atoms with Crippen LogP contribution in [0.5, 0.6) is 5.75 Å². The summed E-state index contributed by atoms with van der Waals surface area (Å²) in [5.74, 6) is 0.872. The van der Waals surface area contributed by atoms with E-state index in [1.807, 2.05) is 31.2 Å². The average Bonchev–Trinajstić information content (AvgIpc) is 2.60. The topological polar surface area (TPSA) is 33.6 Å². The molecule has 3 aromatic carbocycles. The number of nitrogens with zero attached hydrogens (tertiary/aromatic N) is 1. The maximum absolute atomic E-state index is 5.26. The van der Waals surface area contributed by atoms with Gasteiger partial charge in [-0.05, 0) is 60.5 Å². The van der Waals surface area contributed by atoms with Crippen molar-refractivity contribution in [1.82, 2.24) is 0 Å². The van der Waals surface area contributed by atoms with Crippen molar-refractivity contribution >= 4 is 34.6 Å². The van der Waals surface area contributed by atoms with Crippen LogP contribution in [0.2, 0.25) is 0 Å². The van der Waals surface area contributed by atoms with Gasteiger partial charge < -0.3 is 4.74 Å². The molecule has 0 saturated carbocycles. The molecule has 0 spiro atoms. The SMILES string of the molecule is COc1ccc2cc(C(C)=NNc3ccc(C)cc3)ccc2c1.Cl. The number of rotatable bonds is 4. The van der Waals surface area contributed by atoms with Gasteiger partial charge in [-0.1, -0.05) is 35.9 Å². The van der Waals surface area contributed by atoms with Crippen LogP contribution in [0, 0.1) is 6.92 Å². The zero-order chi connectivity index (χ0) is 16.2. The Morgan fingerprint density at radius 3 is 2.29 bits per heavy atom. The van der Waals surface area contributed by atoms with Gasteiger partial charge in [-0.15, -0.1) is 12.4 Å². The first-order valence-electron chi connectivity index (χ1n) is 7.61. The fourth-order valence-electron chi connectivity index (χ4n) is 2.42. The molecule has 0 unspecified atom stereocenters. The molecule has 24 heavy (non-hydrogen) atoms. The van der Waals surface area contributed by atoms with Crippen molar-refractivity contribution in [2.24, 2.45) is 5.10 Å². The van der Waals surface area contributed by atoms with Crippen LogP contribution in [-0.2, 0) is 0 Å². The second-order valence-electron chi connectivity index (χ2n) is 5.60. The molecule has 0 aliphatic rings. The van der Waals surface area contributed by atoms with Crippen LogP contribution in [0.15, 0.2) is 65.8 Å². The van der Waals surface area contributed by atoms with Crippen molar-refractivity contribution in [1.29, 1.82) is 0 Å². The number of methoxy groups -OCH3 is 1. The zero-order valence-electron chi connectivity index (χ0n) is 14.0. The largest absolute Gasteiger partial charge is 0.497 e. The van der Waals surface area contributed by atoms with Gasteiger partial charge in [0.15, 0.2) is 0 Å². The number of aryl methyl sites for hydroxylation is 1. The lowest BCUT2D eigenvalue weighted by molar-refractivity contribution is 0.415. The molecule has 0 saturated heterocycles. The molecular weight excluding hydrogens is 320 g/mol. The average molecular weight is 341 g/mol. The van der Waals surface area contributed by atoms with Crippen LogP contribution in [0.4, 0.5) is 5.69 Å². The summed E-state index contributed by atoms with van der Waals surface area (Å²) < 4.78 is 5.26. The number of nitrogens with one attached hydrogen (secondary N) is 1. The van der Waals surface area contributed by atoms with Gasteiger partial charge in [-0.25, -0.2) is 0 Å². The molecule has 3 rings (SSSR count). The smallest absolute Gasteiger partial charge is 0.119 e. The number of halogens is 1. The lowest BCUT2D eigenvalue weighted by Gasteiger charge is -2.07. The fourth-order valence-corrected chi connectivity index (χ4v) is 2.42. The van der Waals surface area contributed by atoms with E-state index in [0.717, 1.165) is 28.1 Å². The summed E-state index contributed by atoms with van der Waals surface area (Å²) in [6, 6.07) is 20.6. The van der Waals surface area contributed by atoms with E-state index < -0.39 is 0 Å². The number of benzene rings is 3. The third kappa shape index (κ3) is 4.06. The molecule has 3 aromatic rings. The Morgan fingerprint density at radius 2 is 1.58 bits per heavy atom. The van der Waals surface area contributed by atoms with Gasteiger partial charge >= 0.3 is 0 Å². The summed E-state index contributed by atoms with van der Waals surface area (Å²) >= 11 is 0. The molecule has 1 N–H and O–H groups in total. The molecular formula is C20H21ClN2O. The summed E-state index contributed by atoms with van der Waals surface area (Å²) in [6.07, 6.45) is 0. The number of fused-ring (bicyclic) bond motifs is 1. The van der Waals surface area contributed by atoms with E-state index in [1.54, 1.807) is 7.11 Å². The van der Waals surface area contributed by atoms with Crippen molar-refractivity contribution in [2.45, 2.75) is 13.8 Å². The Balaban J connectivity index is 0.00000208. The Hall–Kier alpha value is -2.52. The first-order chi connectivity index (χ1) is 11.2. The van der Waals surface area contributed by atoms with E-state index >= 15 is 0 Å². The summed E-state index contributed by atoms with van der Waals surface area (Å²) in [6.45, 7) is 4.08. The Kier molecular flexibility index (Phi) is 5.83. The highest BCUT2D eigenvalue weighted by Crippen LogP contribution is 2.22. The molecule has 0 aromatic heterocycles. The van der Waals surface area contributed by atoms with Crippen LogP contribution in [0.25, 0.3) is 10.8 Å². The monoisotopic (exact) mass is 340 g/mol. The zero-order valence-corrected chi connectivity index (χ0v) is 14.9. The Labute approximate surface area is 148 Å². The van der Waals surface area contributed by atoms with Gasteiger partial charge in [0, 0.05) is 0 Å². The highest BCUT2D eigenvalue weighted by atomic mass is 35.5. The van der Waals surface area contributed by atoms with Crippen molar-refractivity contribution in [3.05, 3.63) is 71.8 Å². The molecule has 0 aliphatic heterocycles. The van der Waals surface area contributed by atoms with E-state index in [0.29, 0.717) is 0 Å². The van der Waals surface area contributed by atoms with Crippen LogP contribution in [0.1, 0.15) is 18.1 Å². The van der Waals surface area contributed by atoms with Crippen LogP contribution < -0.4 is 10.2 Å². The molecule has 3 nitrogen and oxygen atoms in total. The van der Waals surface area contributed by atoms with Crippen molar-refractivity contribution in [2.75, 3.05) is 12.5 Å². The third-order valence-corrected chi connectivity index (χ3v) is 3.87. The highest BCUT2D eigenvalue weighted by Gasteiger charge is 2.02. The first kappa shape index (κ1) is 17.8. The van der Waals surface area contributed by atoms with E-state index in [4.69, 9.17) is 4.74 Å². The summed E-state index contributed by atoms with van der Waals surface area (Å²) in [7, 11) is 1.68.